The molecule has 1 amide bonds. The summed E-state index contributed by atoms with van der Waals surface area (Å²) in [5, 5.41) is 2.74. The molecule has 0 heterocycles. The first kappa shape index (κ1) is 16.8. The lowest BCUT2D eigenvalue weighted by Gasteiger charge is -2.14. The molecule has 0 aromatic heterocycles. The van der Waals surface area contributed by atoms with Crippen LogP contribution in [0.1, 0.15) is 19.4 Å². The number of halogens is 1. The van der Waals surface area contributed by atoms with Gasteiger partial charge in [-0.2, -0.15) is 0 Å². The number of carbonyl (C=O) groups excluding carboxylic acids is 1. The van der Waals surface area contributed by atoms with E-state index in [1.54, 1.807) is 0 Å². The van der Waals surface area contributed by atoms with Gasteiger partial charge in [-0.1, -0.05) is 15.9 Å². The van der Waals surface area contributed by atoms with E-state index in [1.807, 2.05) is 26.0 Å². The Bertz CT molecular complexity index is 452. The fourth-order valence-electron chi connectivity index (χ4n) is 1.70. The van der Waals surface area contributed by atoms with Gasteiger partial charge in [-0.25, -0.2) is 0 Å². The summed E-state index contributed by atoms with van der Waals surface area (Å²) >= 11 is 3.46. The zero-order valence-electron chi connectivity index (χ0n) is 11.9. The first-order valence-corrected chi connectivity index (χ1v) is 7.46. The molecular formula is C14H21BrN2O3. The third kappa shape index (κ3) is 5.02. The monoisotopic (exact) mass is 344 g/mol. The summed E-state index contributed by atoms with van der Waals surface area (Å²) in [5.74, 6) is 1.26. The molecule has 1 aromatic carbocycles. The maximum atomic E-state index is 11.7. The van der Waals surface area contributed by atoms with Gasteiger partial charge in [0.1, 0.15) is 0 Å². The Kier molecular flexibility index (Phi) is 7.40. The topological polar surface area (TPSA) is 73.6 Å². The minimum atomic E-state index is -0.0669. The molecule has 0 atom stereocenters. The fourth-order valence-corrected chi connectivity index (χ4v) is 2.16. The van der Waals surface area contributed by atoms with Gasteiger partial charge >= 0.3 is 0 Å². The molecule has 0 bridgehead atoms. The number of rotatable bonds is 8. The maximum Gasteiger partial charge on any atom is 0.224 e. The third-order valence-electron chi connectivity index (χ3n) is 2.53. The second-order valence-corrected chi connectivity index (χ2v) is 4.93. The Labute approximate surface area is 127 Å². The van der Waals surface area contributed by atoms with Crippen LogP contribution in [0.3, 0.4) is 0 Å². The Balaban J connectivity index is 2.90. The average molecular weight is 345 g/mol. The van der Waals surface area contributed by atoms with Crippen molar-refractivity contribution in [2.75, 3.05) is 26.3 Å². The van der Waals surface area contributed by atoms with Crippen LogP contribution in [0.4, 0.5) is 0 Å². The van der Waals surface area contributed by atoms with Gasteiger partial charge in [0.25, 0.3) is 0 Å². The molecule has 20 heavy (non-hydrogen) atoms. The van der Waals surface area contributed by atoms with Gasteiger partial charge in [-0.15, -0.1) is 0 Å². The molecule has 112 valence electrons. The minimum Gasteiger partial charge on any atom is -0.490 e. The van der Waals surface area contributed by atoms with Crippen molar-refractivity contribution in [1.29, 1.82) is 0 Å². The van der Waals surface area contributed by atoms with Crippen molar-refractivity contribution < 1.29 is 14.3 Å². The van der Waals surface area contributed by atoms with E-state index in [4.69, 9.17) is 15.2 Å². The van der Waals surface area contributed by atoms with E-state index in [-0.39, 0.29) is 12.3 Å². The number of hydrogen-bond acceptors (Lipinski definition) is 4. The van der Waals surface area contributed by atoms with Gasteiger partial charge in [0.15, 0.2) is 11.5 Å². The Morgan fingerprint density at radius 2 is 1.85 bits per heavy atom. The van der Waals surface area contributed by atoms with E-state index in [0.29, 0.717) is 37.8 Å². The normalized spacial score (nSPS) is 10.2. The molecule has 0 fully saturated rings. The van der Waals surface area contributed by atoms with Gasteiger partial charge < -0.3 is 20.5 Å². The van der Waals surface area contributed by atoms with Crippen molar-refractivity contribution in [2.24, 2.45) is 5.73 Å². The molecule has 0 spiro atoms. The lowest BCUT2D eigenvalue weighted by molar-refractivity contribution is -0.120. The van der Waals surface area contributed by atoms with Crippen LogP contribution < -0.4 is 20.5 Å². The van der Waals surface area contributed by atoms with Gasteiger partial charge in [0, 0.05) is 17.6 Å². The largest absolute Gasteiger partial charge is 0.490 e. The number of nitrogens with two attached hydrogens (primary N) is 1. The molecular weight excluding hydrogens is 324 g/mol. The highest BCUT2D eigenvalue weighted by molar-refractivity contribution is 9.10. The number of carbonyl (C=O) groups is 1. The molecule has 1 rings (SSSR count). The second kappa shape index (κ2) is 8.81. The van der Waals surface area contributed by atoms with Crippen LogP contribution in [-0.4, -0.2) is 32.2 Å². The van der Waals surface area contributed by atoms with Crippen LogP contribution in [0.15, 0.2) is 16.6 Å². The average Bonchev–Trinajstić information content (AvgIpc) is 2.42. The summed E-state index contributed by atoms with van der Waals surface area (Å²) in [6.07, 6.45) is 0.271. The molecule has 0 saturated heterocycles. The van der Waals surface area contributed by atoms with Crippen LogP contribution in [-0.2, 0) is 11.2 Å². The Hall–Kier alpha value is -1.27. The highest BCUT2D eigenvalue weighted by Gasteiger charge is 2.13. The molecule has 3 N–H and O–H groups in total. The first-order valence-electron chi connectivity index (χ1n) is 6.67. The van der Waals surface area contributed by atoms with Crippen molar-refractivity contribution >= 4 is 21.8 Å². The van der Waals surface area contributed by atoms with E-state index >= 15 is 0 Å². The van der Waals surface area contributed by atoms with E-state index < -0.39 is 0 Å². The number of amides is 1. The number of hydrogen-bond donors (Lipinski definition) is 2. The maximum absolute atomic E-state index is 11.7. The minimum absolute atomic E-state index is 0.0669. The third-order valence-corrected chi connectivity index (χ3v) is 3.27. The second-order valence-electron chi connectivity index (χ2n) is 4.07. The summed E-state index contributed by atoms with van der Waals surface area (Å²) < 4.78 is 11.9. The summed E-state index contributed by atoms with van der Waals surface area (Å²) in [7, 11) is 0. The number of nitrogens with one attached hydrogen (secondary N) is 1. The molecule has 6 heteroatoms. The summed E-state index contributed by atoms with van der Waals surface area (Å²) in [4.78, 5) is 11.7. The lowest BCUT2D eigenvalue weighted by atomic mass is 10.1. The quantitative estimate of drug-likeness (QED) is 0.754. The van der Waals surface area contributed by atoms with Crippen LogP contribution in [0.2, 0.25) is 0 Å². The Morgan fingerprint density at radius 1 is 1.25 bits per heavy atom. The SMILES string of the molecule is CCOc1cc(Br)c(CC(=O)NCCN)cc1OCC. The number of ether oxygens (including phenoxy) is 2. The molecule has 0 unspecified atom stereocenters. The van der Waals surface area contributed by atoms with Crippen LogP contribution in [0.25, 0.3) is 0 Å². The predicted molar refractivity (Wildman–Crippen MR) is 82.2 cm³/mol. The van der Waals surface area contributed by atoms with Gasteiger partial charge in [0.2, 0.25) is 5.91 Å². The fraction of sp³-hybridized carbons (Fsp3) is 0.500. The smallest absolute Gasteiger partial charge is 0.224 e. The predicted octanol–water partition coefficient (Wildman–Crippen LogP) is 1.86. The summed E-state index contributed by atoms with van der Waals surface area (Å²) in [6, 6.07) is 3.67. The Morgan fingerprint density at radius 3 is 2.40 bits per heavy atom. The van der Waals surface area contributed by atoms with Crippen molar-refractivity contribution in [3.63, 3.8) is 0 Å². The van der Waals surface area contributed by atoms with E-state index in [1.165, 1.54) is 0 Å². The van der Waals surface area contributed by atoms with Gasteiger partial charge in [-0.05, 0) is 31.5 Å². The molecule has 5 nitrogen and oxygen atoms in total. The zero-order valence-corrected chi connectivity index (χ0v) is 13.5. The molecule has 1 aromatic rings. The van der Waals surface area contributed by atoms with Gasteiger partial charge in [-0.3, -0.25) is 4.79 Å². The summed E-state index contributed by atoms with van der Waals surface area (Å²) in [6.45, 7) is 5.83. The van der Waals surface area contributed by atoms with Crippen molar-refractivity contribution in [3.05, 3.63) is 22.2 Å². The number of benzene rings is 1. The van der Waals surface area contributed by atoms with Crippen molar-refractivity contribution in [2.45, 2.75) is 20.3 Å². The zero-order chi connectivity index (χ0) is 15.0. The summed E-state index contributed by atoms with van der Waals surface area (Å²) in [5.41, 5.74) is 6.21. The van der Waals surface area contributed by atoms with E-state index in [9.17, 15) is 4.79 Å². The van der Waals surface area contributed by atoms with Crippen LogP contribution in [0.5, 0.6) is 11.5 Å². The molecule has 0 saturated carbocycles. The standard InChI is InChI=1S/C14H21BrN2O3/c1-3-19-12-7-10(8-14(18)17-6-5-16)11(15)9-13(12)20-4-2/h7,9H,3-6,8,16H2,1-2H3,(H,17,18). The molecule has 0 aliphatic heterocycles. The van der Waals surface area contributed by atoms with Crippen molar-refractivity contribution in [3.8, 4) is 11.5 Å². The lowest BCUT2D eigenvalue weighted by Crippen LogP contribution is -2.30. The van der Waals surface area contributed by atoms with Crippen molar-refractivity contribution in [1.82, 2.24) is 5.32 Å². The van der Waals surface area contributed by atoms with Crippen LogP contribution in [0, 0.1) is 0 Å². The first-order chi connectivity index (χ1) is 9.62. The molecule has 0 aliphatic rings. The van der Waals surface area contributed by atoms with Gasteiger partial charge in [0.05, 0.1) is 19.6 Å². The highest BCUT2D eigenvalue weighted by atomic mass is 79.9. The van der Waals surface area contributed by atoms with E-state index in [0.717, 1.165) is 10.0 Å². The highest BCUT2D eigenvalue weighted by Crippen LogP contribution is 2.34. The van der Waals surface area contributed by atoms with Crippen LogP contribution >= 0.6 is 15.9 Å². The molecule has 0 aliphatic carbocycles. The van der Waals surface area contributed by atoms with E-state index in [2.05, 4.69) is 21.2 Å². The molecule has 0 radical (unpaired) electrons.